The quantitative estimate of drug-likeness (QED) is 0.706. The molecule has 138 valence electrons. The minimum Gasteiger partial charge on any atom is -0.497 e. The van der Waals surface area contributed by atoms with E-state index in [-0.39, 0.29) is 12.3 Å². The van der Waals surface area contributed by atoms with Gasteiger partial charge in [-0.25, -0.2) is 4.79 Å². The second-order valence-electron chi connectivity index (χ2n) is 5.36. The summed E-state index contributed by atoms with van der Waals surface area (Å²) in [6.07, 6.45) is 0.239. The maximum atomic E-state index is 12.1. The summed E-state index contributed by atoms with van der Waals surface area (Å²) in [6.45, 7) is 0.409. The lowest BCUT2D eigenvalue weighted by Gasteiger charge is -2.12. The zero-order chi connectivity index (χ0) is 18.9. The maximum absolute atomic E-state index is 12.1. The van der Waals surface area contributed by atoms with E-state index in [1.807, 2.05) is 0 Å². The predicted octanol–water partition coefficient (Wildman–Crippen LogP) is 2.93. The van der Waals surface area contributed by atoms with Crippen molar-refractivity contribution in [1.29, 1.82) is 0 Å². The minimum atomic E-state index is -0.451. The highest BCUT2D eigenvalue weighted by Gasteiger charge is 2.09. The van der Waals surface area contributed by atoms with Crippen molar-refractivity contribution < 1.29 is 23.8 Å². The Morgan fingerprint density at radius 1 is 1.00 bits per heavy atom. The number of hydrogen-bond donors (Lipinski definition) is 2. The number of anilines is 2. The Kier molecular flexibility index (Phi) is 6.84. The third kappa shape index (κ3) is 5.14. The highest BCUT2D eigenvalue weighted by molar-refractivity contribution is 5.94. The molecule has 0 spiro atoms. The van der Waals surface area contributed by atoms with Gasteiger partial charge in [0.15, 0.2) is 0 Å². The molecule has 0 saturated heterocycles. The van der Waals surface area contributed by atoms with E-state index in [0.29, 0.717) is 29.3 Å². The fourth-order valence-electron chi connectivity index (χ4n) is 2.33. The van der Waals surface area contributed by atoms with E-state index < -0.39 is 5.97 Å². The molecule has 0 aromatic heterocycles. The summed E-state index contributed by atoms with van der Waals surface area (Å²) in [5, 5.41) is 5.91. The molecule has 0 aliphatic heterocycles. The summed E-state index contributed by atoms with van der Waals surface area (Å²) >= 11 is 0. The summed E-state index contributed by atoms with van der Waals surface area (Å²) < 4.78 is 15.1. The predicted molar refractivity (Wildman–Crippen MR) is 99.1 cm³/mol. The molecule has 2 N–H and O–H groups in total. The summed E-state index contributed by atoms with van der Waals surface area (Å²) in [6, 6.07) is 12.0. The van der Waals surface area contributed by atoms with Crippen molar-refractivity contribution in [1.82, 2.24) is 0 Å². The van der Waals surface area contributed by atoms with Crippen molar-refractivity contribution in [2.45, 2.75) is 6.42 Å². The SMILES string of the molecule is COC(=O)c1cccc(NC(=O)CCNc2cc(OC)ccc2OC)c1. The van der Waals surface area contributed by atoms with Gasteiger partial charge in [0.1, 0.15) is 11.5 Å². The number of esters is 1. The minimum absolute atomic E-state index is 0.179. The van der Waals surface area contributed by atoms with E-state index in [1.165, 1.54) is 7.11 Å². The molecule has 0 unspecified atom stereocenters. The average molecular weight is 358 g/mol. The van der Waals surface area contributed by atoms with E-state index >= 15 is 0 Å². The van der Waals surface area contributed by atoms with Crippen LogP contribution < -0.4 is 20.1 Å². The van der Waals surface area contributed by atoms with Crippen LogP contribution in [0.25, 0.3) is 0 Å². The molecule has 26 heavy (non-hydrogen) atoms. The van der Waals surface area contributed by atoms with Gasteiger partial charge >= 0.3 is 5.97 Å². The van der Waals surface area contributed by atoms with Crippen LogP contribution in [0.5, 0.6) is 11.5 Å². The molecular formula is C19H22N2O5. The van der Waals surface area contributed by atoms with Gasteiger partial charge in [-0.1, -0.05) is 6.07 Å². The number of benzene rings is 2. The molecule has 2 rings (SSSR count). The standard InChI is InChI=1S/C19H22N2O5/c1-24-15-7-8-17(25-2)16(12-15)20-10-9-18(22)21-14-6-4-5-13(11-14)19(23)26-3/h4-8,11-12,20H,9-10H2,1-3H3,(H,21,22). The summed E-state index contributed by atoms with van der Waals surface area (Å²) in [7, 11) is 4.47. The normalized spacial score (nSPS) is 9.96. The first-order valence-corrected chi connectivity index (χ1v) is 8.01. The Labute approximate surface area is 152 Å². The van der Waals surface area contributed by atoms with E-state index in [4.69, 9.17) is 9.47 Å². The van der Waals surface area contributed by atoms with Crippen molar-refractivity contribution in [3.8, 4) is 11.5 Å². The second kappa shape index (κ2) is 9.31. The van der Waals surface area contributed by atoms with Crippen molar-refractivity contribution in [3.05, 3.63) is 48.0 Å². The zero-order valence-electron chi connectivity index (χ0n) is 15.0. The Bertz CT molecular complexity index is 776. The fraction of sp³-hybridized carbons (Fsp3) is 0.263. The Morgan fingerprint density at radius 3 is 2.50 bits per heavy atom. The Morgan fingerprint density at radius 2 is 1.81 bits per heavy atom. The van der Waals surface area contributed by atoms with Gasteiger partial charge in [0.25, 0.3) is 0 Å². The molecule has 2 aromatic carbocycles. The summed E-state index contributed by atoms with van der Waals surface area (Å²) in [5.74, 6) is 0.726. The van der Waals surface area contributed by atoms with Gasteiger partial charge in [-0.3, -0.25) is 4.79 Å². The third-order valence-corrected chi connectivity index (χ3v) is 3.64. The summed E-state index contributed by atoms with van der Waals surface area (Å²) in [5.41, 5.74) is 1.66. The number of carbonyl (C=O) groups excluding carboxylic acids is 2. The molecular weight excluding hydrogens is 336 g/mol. The molecule has 7 nitrogen and oxygen atoms in total. The van der Waals surface area contributed by atoms with Crippen LogP contribution in [0.4, 0.5) is 11.4 Å². The van der Waals surface area contributed by atoms with Crippen LogP contribution in [-0.2, 0) is 9.53 Å². The Hall–Kier alpha value is -3.22. The molecule has 0 aliphatic carbocycles. The molecule has 0 aliphatic rings. The van der Waals surface area contributed by atoms with Gasteiger partial charge in [-0.2, -0.15) is 0 Å². The number of carbonyl (C=O) groups is 2. The number of rotatable bonds is 8. The van der Waals surface area contributed by atoms with Gasteiger partial charge in [-0.05, 0) is 30.3 Å². The van der Waals surface area contributed by atoms with Crippen LogP contribution in [0.1, 0.15) is 16.8 Å². The van der Waals surface area contributed by atoms with E-state index in [9.17, 15) is 9.59 Å². The Balaban J connectivity index is 1.91. The van der Waals surface area contributed by atoms with Gasteiger partial charge in [0.05, 0.1) is 32.6 Å². The topological polar surface area (TPSA) is 85.9 Å². The van der Waals surface area contributed by atoms with E-state index in [0.717, 1.165) is 5.69 Å². The molecule has 0 atom stereocenters. The monoisotopic (exact) mass is 358 g/mol. The molecule has 0 bridgehead atoms. The first-order valence-electron chi connectivity index (χ1n) is 8.01. The molecule has 2 aromatic rings. The molecule has 0 fully saturated rings. The fourth-order valence-corrected chi connectivity index (χ4v) is 2.33. The number of methoxy groups -OCH3 is 3. The second-order valence-corrected chi connectivity index (χ2v) is 5.36. The molecule has 0 heterocycles. The number of ether oxygens (including phenoxy) is 3. The lowest BCUT2D eigenvalue weighted by atomic mass is 10.2. The zero-order valence-corrected chi connectivity index (χ0v) is 15.0. The lowest BCUT2D eigenvalue weighted by Crippen LogP contribution is -2.16. The largest absolute Gasteiger partial charge is 0.497 e. The van der Waals surface area contributed by atoms with Crippen molar-refractivity contribution >= 4 is 23.3 Å². The molecule has 0 saturated carbocycles. The van der Waals surface area contributed by atoms with Crippen molar-refractivity contribution in [3.63, 3.8) is 0 Å². The van der Waals surface area contributed by atoms with E-state index in [2.05, 4.69) is 15.4 Å². The van der Waals surface area contributed by atoms with Gasteiger partial charge in [-0.15, -0.1) is 0 Å². The van der Waals surface area contributed by atoms with Crippen molar-refractivity contribution in [2.75, 3.05) is 38.5 Å². The number of amides is 1. The molecule has 0 radical (unpaired) electrons. The first kappa shape index (κ1) is 19.1. The van der Waals surface area contributed by atoms with Gasteiger partial charge in [0, 0.05) is 24.7 Å². The maximum Gasteiger partial charge on any atom is 0.337 e. The van der Waals surface area contributed by atoms with E-state index in [1.54, 1.807) is 56.7 Å². The van der Waals surface area contributed by atoms with Crippen LogP contribution in [0, 0.1) is 0 Å². The van der Waals surface area contributed by atoms with Crippen molar-refractivity contribution in [2.24, 2.45) is 0 Å². The van der Waals surface area contributed by atoms with Crippen LogP contribution in [-0.4, -0.2) is 39.8 Å². The van der Waals surface area contributed by atoms with Gasteiger partial charge < -0.3 is 24.8 Å². The summed E-state index contributed by atoms with van der Waals surface area (Å²) in [4.78, 5) is 23.6. The number of nitrogens with one attached hydrogen (secondary N) is 2. The highest BCUT2D eigenvalue weighted by Crippen LogP contribution is 2.28. The molecule has 7 heteroatoms. The molecule has 1 amide bonds. The smallest absolute Gasteiger partial charge is 0.337 e. The van der Waals surface area contributed by atoms with Crippen LogP contribution in [0.3, 0.4) is 0 Å². The highest BCUT2D eigenvalue weighted by atomic mass is 16.5. The first-order chi connectivity index (χ1) is 12.6. The average Bonchev–Trinajstić information content (AvgIpc) is 2.67. The number of hydrogen-bond acceptors (Lipinski definition) is 6. The van der Waals surface area contributed by atoms with Crippen LogP contribution in [0.2, 0.25) is 0 Å². The third-order valence-electron chi connectivity index (χ3n) is 3.64. The van der Waals surface area contributed by atoms with Crippen LogP contribution >= 0.6 is 0 Å². The van der Waals surface area contributed by atoms with Gasteiger partial charge in [0.2, 0.25) is 5.91 Å². The van der Waals surface area contributed by atoms with Crippen LogP contribution in [0.15, 0.2) is 42.5 Å². The lowest BCUT2D eigenvalue weighted by molar-refractivity contribution is -0.115.